The molecule has 0 heterocycles. The van der Waals surface area contributed by atoms with Gasteiger partial charge in [-0.05, 0) is 116 Å². The van der Waals surface area contributed by atoms with Gasteiger partial charge in [-0.25, -0.2) is 9.13 Å². The van der Waals surface area contributed by atoms with Crippen LogP contribution in [0, 0.1) is 0 Å². The molecule has 3 N–H and O–H groups in total. The number of carbonyl (C=O) groups is 4. The molecule has 5 atom stereocenters. The first-order chi connectivity index (χ1) is 49.7. The number of aliphatic hydroxyl groups excluding tert-OH is 1. The van der Waals surface area contributed by atoms with Crippen LogP contribution >= 0.6 is 15.6 Å². The van der Waals surface area contributed by atoms with E-state index >= 15 is 0 Å². The van der Waals surface area contributed by atoms with Crippen LogP contribution in [0.15, 0.2) is 60.8 Å². The van der Waals surface area contributed by atoms with Crippen molar-refractivity contribution in [3.05, 3.63) is 60.8 Å². The average Bonchev–Trinajstić information content (AvgIpc) is 2.02. The fourth-order valence-corrected chi connectivity index (χ4v) is 13.2. The summed E-state index contributed by atoms with van der Waals surface area (Å²) in [5.74, 6) is -2.18. The molecular weight excluding hydrogens is 1330 g/mol. The van der Waals surface area contributed by atoms with E-state index in [1.54, 1.807) is 0 Å². The van der Waals surface area contributed by atoms with Crippen molar-refractivity contribution in [3.8, 4) is 0 Å². The molecule has 2 unspecified atom stereocenters. The molecule has 0 aliphatic rings. The van der Waals surface area contributed by atoms with Crippen molar-refractivity contribution in [1.82, 2.24) is 0 Å². The normalized spacial score (nSPS) is 14.1. The van der Waals surface area contributed by atoms with Crippen molar-refractivity contribution in [3.63, 3.8) is 0 Å². The number of aliphatic hydroxyl groups is 1. The van der Waals surface area contributed by atoms with Crippen LogP contribution in [0.25, 0.3) is 0 Å². The maximum Gasteiger partial charge on any atom is 0.472 e. The zero-order chi connectivity index (χ0) is 74.6. The van der Waals surface area contributed by atoms with E-state index < -0.39 is 97.5 Å². The maximum atomic E-state index is 13.1. The zero-order valence-corrected chi connectivity index (χ0v) is 67.1. The van der Waals surface area contributed by atoms with Gasteiger partial charge in [0.2, 0.25) is 0 Å². The smallest absolute Gasteiger partial charge is 0.462 e. The largest absolute Gasteiger partial charge is 0.472 e. The summed E-state index contributed by atoms with van der Waals surface area (Å²) in [6.07, 6.45) is 76.1. The molecule has 102 heavy (non-hydrogen) atoms. The van der Waals surface area contributed by atoms with Crippen molar-refractivity contribution in [2.24, 2.45) is 0 Å². The maximum absolute atomic E-state index is 13.1. The van der Waals surface area contributed by atoms with Gasteiger partial charge in [-0.15, -0.1) is 0 Å². The predicted molar refractivity (Wildman–Crippen MR) is 418 cm³/mol. The highest BCUT2D eigenvalue weighted by atomic mass is 31.2. The van der Waals surface area contributed by atoms with Crippen LogP contribution in [0.4, 0.5) is 0 Å². The van der Waals surface area contributed by atoms with E-state index in [4.69, 9.17) is 37.0 Å². The third kappa shape index (κ3) is 75.0. The summed E-state index contributed by atoms with van der Waals surface area (Å²) in [4.78, 5) is 73.1. The van der Waals surface area contributed by atoms with Gasteiger partial charge in [0.05, 0.1) is 26.4 Å². The molecular formula is C83H152O17P2. The third-order valence-corrected chi connectivity index (χ3v) is 19.9. The van der Waals surface area contributed by atoms with Gasteiger partial charge >= 0.3 is 39.5 Å². The molecule has 0 aliphatic heterocycles. The Morgan fingerprint density at radius 1 is 0.275 bits per heavy atom. The predicted octanol–water partition coefficient (Wildman–Crippen LogP) is 24.2. The molecule has 0 aromatic heterocycles. The number of hydrogen-bond donors (Lipinski definition) is 3. The number of unbranched alkanes of at least 4 members (excludes halogenated alkanes) is 43. The van der Waals surface area contributed by atoms with Crippen LogP contribution < -0.4 is 0 Å². The van der Waals surface area contributed by atoms with Gasteiger partial charge in [0.1, 0.15) is 19.3 Å². The van der Waals surface area contributed by atoms with Crippen LogP contribution in [0.3, 0.4) is 0 Å². The summed E-state index contributed by atoms with van der Waals surface area (Å²) >= 11 is 0. The van der Waals surface area contributed by atoms with Gasteiger partial charge in [-0.2, -0.15) is 0 Å². The first-order valence-corrected chi connectivity index (χ1v) is 44.5. The van der Waals surface area contributed by atoms with Gasteiger partial charge in [0.15, 0.2) is 12.2 Å². The number of hydrogen-bond acceptors (Lipinski definition) is 15. The summed E-state index contributed by atoms with van der Waals surface area (Å²) in [6, 6.07) is 0. The molecule has 0 saturated carbocycles. The van der Waals surface area contributed by atoms with E-state index in [1.165, 1.54) is 161 Å². The molecule has 0 aliphatic carbocycles. The van der Waals surface area contributed by atoms with Crippen LogP contribution in [0.1, 0.15) is 387 Å². The van der Waals surface area contributed by atoms with E-state index in [2.05, 4.69) is 88.5 Å². The van der Waals surface area contributed by atoms with E-state index in [-0.39, 0.29) is 25.7 Å². The van der Waals surface area contributed by atoms with Crippen molar-refractivity contribution < 1.29 is 80.2 Å². The Morgan fingerprint density at radius 3 is 0.755 bits per heavy atom. The molecule has 0 bridgehead atoms. The second-order valence-corrected chi connectivity index (χ2v) is 31.0. The minimum Gasteiger partial charge on any atom is -0.462 e. The Balaban J connectivity index is 5.34. The Kier molecular flexibility index (Phi) is 73.6. The molecule has 596 valence electrons. The monoisotopic (exact) mass is 1480 g/mol. The second kappa shape index (κ2) is 76.0. The highest BCUT2D eigenvalue weighted by molar-refractivity contribution is 7.47. The lowest BCUT2D eigenvalue weighted by atomic mass is 10.0. The minimum atomic E-state index is -4.98. The quantitative estimate of drug-likeness (QED) is 0.0169. The number of phosphoric acid groups is 2. The molecule has 0 aromatic carbocycles. The number of esters is 4. The molecule has 17 nitrogen and oxygen atoms in total. The SMILES string of the molecule is CCCCC/C=C\C/C=C\CCCCCCCC(=O)O[C@H](COC(=O)CCCCCCC/C=C\CCCCCCCC)COP(=O)(O)OC[C@H](O)COP(=O)(O)OC[C@@H](COC(=O)CCCCCCCCCCCCCCCCCCC)OC(=O)CCCCCCC/C=C\C/C=C\CCCCC. The van der Waals surface area contributed by atoms with Gasteiger partial charge in [0, 0.05) is 25.7 Å². The Hall–Kier alpha value is -3.24. The van der Waals surface area contributed by atoms with Crippen molar-refractivity contribution in [2.75, 3.05) is 39.6 Å². The molecule has 0 aromatic rings. The van der Waals surface area contributed by atoms with Crippen molar-refractivity contribution in [2.45, 2.75) is 406 Å². The van der Waals surface area contributed by atoms with Crippen molar-refractivity contribution >= 4 is 39.5 Å². The zero-order valence-electron chi connectivity index (χ0n) is 65.3. The van der Waals surface area contributed by atoms with Crippen LogP contribution in [0.5, 0.6) is 0 Å². The number of ether oxygens (including phenoxy) is 4. The second-order valence-electron chi connectivity index (χ2n) is 28.1. The summed E-state index contributed by atoms with van der Waals surface area (Å²) in [6.45, 7) is 4.87. The lowest BCUT2D eigenvalue weighted by Crippen LogP contribution is -2.30. The first kappa shape index (κ1) is 98.8. The molecule has 19 heteroatoms. The van der Waals surface area contributed by atoms with Gasteiger partial charge in [-0.1, -0.05) is 307 Å². The standard InChI is InChI=1S/C83H152O17P2/c1-5-9-13-17-21-25-29-33-37-38-42-44-48-52-56-60-64-68-81(86)94-74-79(100-83(88)70-66-62-58-54-50-46-41-36-32-28-24-20-16-12-8-4)76-98-102(91,92)96-72-77(84)71-95-101(89,90)97-75-78(99-82(87)69-65-61-57-53-49-45-40-35-31-27-23-19-15-11-7-3)73-93-80(85)67-63-59-55-51-47-43-39-34-30-26-22-18-14-10-6-2/h23-24,27-28,34-36,39-41,77-79,84H,5-22,25-26,29-33,37-38,42-76H2,1-4H3,(H,89,90)(H,91,92)/b27-23-,28-24-,39-34-,40-35-,41-36-/t77-,78+,79+/m0/s1. The van der Waals surface area contributed by atoms with Gasteiger partial charge in [0.25, 0.3) is 0 Å². The van der Waals surface area contributed by atoms with Gasteiger partial charge < -0.3 is 33.8 Å². The Labute approximate surface area is 622 Å². The van der Waals surface area contributed by atoms with E-state index in [0.29, 0.717) is 25.7 Å². The molecule has 0 rings (SSSR count). The van der Waals surface area contributed by atoms with Crippen LogP contribution in [-0.2, 0) is 65.4 Å². The topological polar surface area (TPSA) is 237 Å². The lowest BCUT2D eigenvalue weighted by Gasteiger charge is -2.21. The summed E-state index contributed by atoms with van der Waals surface area (Å²) < 4.78 is 68.7. The van der Waals surface area contributed by atoms with E-state index in [0.717, 1.165) is 148 Å². The van der Waals surface area contributed by atoms with Gasteiger partial charge in [-0.3, -0.25) is 37.3 Å². The summed E-state index contributed by atoms with van der Waals surface area (Å²) in [5, 5.41) is 10.6. The fourth-order valence-electron chi connectivity index (χ4n) is 11.6. The number of rotatable bonds is 79. The van der Waals surface area contributed by atoms with E-state index in [1.807, 2.05) is 0 Å². The molecule has 0 fully saturated rings. The van der Waals surface area contributed by atoms with Crippen LogP contribution in [0.2, 0.25) is 0 Å². The Morgan fingerprint density at radius 2 is 0.480 bits per heavy atom. The van der Waals surface area contributed by atoms with Crippen molar-refractivity contribution in [1.29, 1.82) is 0 Å². The lowest BCUT2D eigenvalue weighted by molar-refractivity contribution is -0.161. The summed E-state index contributed by atoms with van der Waals surface area (Å²) in [7, 11) is -9.95. The fraction of sp³-hybridized carbons (Fsp3) is 0.831. The number of allylic oxidation sites excluding steroid dienone is 10. The highest BCUT2D eigenvalue weighted by Crippen LogP contribution is 2.45. The average molecular weight is 1480 g/mol. The molecule has 0 radical (unpaired) electrons. The minimum absolute atomic E-state index is 0.0810. The Bertz CT molecular complexity index is 2170. The molecule has 0 spiro atoms. The highest BCUT2D eigenvalue weighted by Gasteiger charge is 2.30. The summed E-state index contributed by atoms with van der Waals surface area (Å²) in [5.41, 5.74) is 0. The molecule has 0 amide bonds. The first-order valence-electron chi connectivity index (χ1n) is 41.5. The molecule has 0 saturated heterocycles. The number of carbonyl (C=O) groups excluding carboxylic acids is 4. The third-order valence-electron chi connectivity index (χ3n) is 18.0. The van der Waals surface area contributed by atoms with E-state index in [9.17, 15) is 43.2 Å². The van der Waals surface area contributed by atoms with Crippen LogP contribution in [-0.4, -0.2) is 96.7 Å². The number of phosphoric ester groups is 2.